The number of nitrogens with one attached hydrogen (secondary N) is 1. The largest absolute Gasteiger partial charge is 0.339 e. The lowest BCUT2D eigenvalue weighted by molar-refractivity contribution is -0.115. The Hall–Kier alpha value is -1.88. The molecule has 0 bridgehead atoms. The van der Waals surface area contributed by atoms with Gasteiger partial charge in [-0.1, -0.05) is 12.1 Å². The van der Waals surface area contributed by atoms with Gasteiger partial charge >= 0.3 is 0 Å². The fourth-order valence-corrected chi connectivity index (χ4v) is 6.62. The molecule has 156 valence electrons. The van der Waals surface area contributed by atoms with Gasteiger partial charge in [0.15, 0.2) is 0 Å². The molecule has 29 heavy (non-hydrogen) atoms. The number of anilines is 1. The van der Waals surface area contributed by atoms with Crippen LogP contribution in [0.3, 0.4) is 0 Å². The summed E-state index contributed by atoms with van der Waals surface area (Å²) < 4.78 is 27.0. The second-order valence-electron chi connectivity index (χ2n) is 6.82. The molecule has 7 nitrogen and oxygen atoms in total. The van der Waals surface area contributed by atoms with E-state index in [1.807, 2.05) is 0 Å². The smallest absolute Gasteiger partial charge is 0.286 e. The number of thiophene rings is 1. The molecule has 2 aromatic rings. The second kappa shape index (κ2) is 9.29. The van der Waals surface area contributed by atoms with Crippen molar-refractivity contribution in [3.63, 3.8) is 0 Å². The third-order valence-corrected chi connectivity index (χ3v) is 8.92. The van der Waals surface area contributed by atoms with Crippen LogP contribution in [0.4, 0.5) is 10.5 Å². The summed E-state index contributed by atoms with van der Waals surface area (Å²) in [5, 5.41) is 2.69. The summed E-state index contributed by atoms with van der Waals surface area (Å²) in [5.74, 6) is -0.262. The van der Waals surface area contributed by atoms with Crippen molar-refractivity contribution in [1.29, 1.82) is 0 Å². The van der Waals surface area contributed by atoms with E-state index in [0.717, 1.165) is 35.9 Å². The Balaban J connectivity index is 1.66. The van der Waals surface area contributed by atoms with E-state index >= 15 is 0 Å². The molecule has 1 aromatic carbocycles. The van der Waals surface area contributed by atoms with Crippen LogP contribution in [0.15, 0.2) is 45.5 Å². The standard InChI is InChI=1S/C19H23N3O4S3/c1-21(2)19(24)28-16-8-4-3-7-15(16)20-17(23)13-14-9-10-18(27-14)29(25,26)22-11-5-6-12-22/h3-4,7-10H,5-6,11-13H2,1-2H3,(H,20,23). The minimum atomic E-state index is -3.47. The summed E-state index contributed by atoms with van der Waals surface area (Å²) >= 11 is 2.17. The van der Waals surface area contributed by atoms with Crippen molar-refractivity contribution in [2.24, 2.45) is 0 Å². The molecule has 0 aliphatic carbocycles. The summed E-state index contributed by atoms with van der Waals surface area (Å²) in [6.07, 6.45) is 1.84. The maximum absolute atomic E-state index is 12.6. The van der Waals surface area contributed by atoms with E-state index in [9.17, 15) is 18.0 Å². The fourth-order valence-electron chi connectivity index (χ4n) is 2.84. The molecule has 0 radical (unpaired) electrons. The third-order valence-electron chi connectivity index (χ3n) is 4.35. The number of sulfonamides is 1. The lowest BCUT2D eigenvalue weighted by Gasteiger charge is -2.13. The molecule has 3 rings (SSSR count). The molecule has 1 N–H and O–H groups in total. The predicted octanol–water partition coefficient (Wildman–Crippen LogP) is 3.49. The van der Waals surface area contributed by atoms with E-state index in [1.54, 1.807) is 50.5 Å². The SMILES string of the molecule is CN(C)C(=O)Sc1ccccc1NC(=O)Cc1ccc(S(=O)(=O)N2CCCC2)s1. The Labute approximate surface area is 179 Å². The molecule has 10 heteroatoms. The highest BCUT2D eigenvalue weighted by Gasteiger charge is 2.28. The molecule has 2 amide bonds. The van der Waals surface area contributed by atoms with E-state index in [-0.39, 0.29) is 21.8 Å². The average molecular weight is 454 g/mol. The normalized spacial score (nSPS) is 14.7. The van der Waals surface area contributed by atoms with Crippen molar-refractivity contribution in [2.45, 2.75) is 28.4 Å². The van der Waals surface area contributed by atoms with Crippen molar-refractivity contribution < 1.29 is 18.0 Å². The van der Waals surface area contributed by atoms with E-state index in [2.05, 4.69) is 5.32 Å². The Kier molecular flexibility index (Phi) is 6.99. The zero-order valence-corrected chi connectivity index (χ0v) is 18.7. The Morgan fingerprint density at radius 2 is 1.83 bits per heavy atom. The first-order chi connectivity index (χ1) is 13.8. The molecule has 1 saturated heterocycles. The first-order valence-corrected chi connectivity index (χ1v) is 12.2. The molecule has 1 aliphatic heterocycles. The number of hydrogen-bond acceptors (Lipinski definition) is 6. The van der Waals surface area contributed by atoms with Gasteiger partial charge < -0.3 is 10.2 Å². The van der Waals surface area contributed by atoms with Gasteiger partial charge in [0.25, 0.3) is 15.3 Å². The molecule has 0 unspecified atom stereocenters. The van der Waals surface area contributed by atoms with Gasteiger partial charge in [-0.25, -0.2) is 8.42 Å². The highest BCUT2D eigenvalue weighted by atomic mass is 32.2. The zero-order chi connectivity index (χ0) is 21.0. The van der Waals surface area contributed by atoms with Crippen molar-refractivity contribution in [3.05, 3.63) is 41.3 Å². The van der Waals surface area contributed by atoms with E-state index in [4.69, 9.17) is 0 Å². The van der Waals surface area contributed by atoms with Crippen LogP contribution in [-0.4, -0.2) is 56.0 Å². The number of nitrogens with zero attached hydrogens (tertiary/aromatic N) is 2. The summed E-state index contributed by atoms with van der Waals surface area (Å²) in [6.45, 7) is 1.10. The first kappa shape index (κ1) is 21.8. The quantitative estimate of drug-likeness (QED) is 0.677. The van der Waals surface area contributed by atoms with Crippen molar-refractivity contribution >= 4 is 50.0 Å². The van der Waals surface area contributed by atoms with Crippen LogP contribution < -0.4 is 5.32 Å². The number of rotatable bonds is 6. The Bertz CT molecular complexity index is 996. The molecule has 1 fully saturated rings. The molecule has 0 atom stereocenters. The highest BCUT2D eigenvalue weighted by molar-refractivity contribution is 8.13. The summed E-state index contributed by atoms with van der Waals surface area (Å²) in [4.78, 5) is 27.3. The molecule has 2 heterocycles. The number of carbonyl (C=O) groups is 2. The van der Waals surface area contributed by atoms with Crippen molar-refractivity contribution in [3.8, 4) is 0 Å². The predicted molar refractivity (Wildman–Crippen MR) is 116 cm³/mol. The van der Waals surface area contributed by atoms with Crippen LogP contribution in [0.25, 0.3) is 0 Å². The average Bonchev–Trinajstić information content (AvgIpc) is 3.35. The number of benzene rings is 1. The van der Waals surface area contributed by atoms with Gasteiger partial charge in [-0.2, -0.15) is 4.31 Å². The monoisotopic (exact) mass is 453 g/mol. The van der Waals surface area contributed by atoms with Gasteiger partial charge in [0.1, 0.15) is 4.21 Å². The van der Waals surface area contributed by atoms with Crippen molar-refractivity contribution in [2.75, 3.05) is 32.5 Å². The zero-order valence-electron chi connectivity index (χ0n) is 16.3. The lowest BCUT2D eigenvalue weighted by atomic mass is 10.3. The van der Waals surface area contributed by atoms with E-state index in [0.29, 0.717) is 28.5 Å². The molecular weight excluding hydrogens is 430 g/mol. The topological polar surface area (TPSA) is 86.8 Å². The van der Waals surface area contributed by atoms with E-state index < -0.39 is 10.0 Å². The van der Waals surface area contributed by atoms with Gasteiger partial charge in [0.05, 0.1) is 12.1 Å². The van der Waals surface area contributed by atoms with Crippen molar-refractivity contribution in [1.82, 2.24) is 9.21 Å². The molecule has 1 aliphatic rings. The van der Waals surface area contributed by atoms with Crippen LogP contribution in [0.1, 0.15) is 17.7 Å². The van der Waals surface area contributed by atoms with Crippen LogP contribution in [0.5, 0.6) is 0 Å². The van der Waals surface area contributed by atoms with Gasteiger partial charge in [-0.3, -0.25) is 9.59 Å². The molecule has 0 saturated carbocycles. The summed E-state index contributed by atoms with van der Waals surface area (Å²) in [6, 6.07) is 10.3. The molecule has 1 aromatic heterocycles. The number of hydrogen-bond donors (Lipinski definition) is 1. The molecular formula is C19H23N3O4S3. The van der Waals surface area contributed by atoms with Crippen LogP contribution in [-0.2, 0) is 21.2 Å². The van der Waals surface area contributed by atoms with Gasteiger partial charge in [0.2, 0.25) is 5.91 Å². The summed E-state index contributed by atoms with van der Waals surface area (Å²) in [5.41, 5.74) is 0.555. The number of thioether (sulfide) groups is 1. The lowest BCUT2D eigenvalue weighted by Crippen LogP contribution is -2.27. The van der Waals surface area contributed by atoms with Crippen LogP contribution in [0, 0.1) is 0 Å². The minimum Gasteiger partial charge on any atom is -0.339 e. The molecule has 0 spiro atoms. The van der Waals surface area contributed by atoms with E-state index in [1.165, 1.54) is 9.21 Å². The Morgan fingerprint density at radius 1 is 1.14 bits per heavy atom. The van der Waals surface area contributed by atoms with Gasteiger partial charge in [-0.05, 0) is 48.9 Å². The summed E-state index contributed by atoms with van der Waals surface area (Å²) in [7, 11) is -0.131. The van der Waals surface area contributed by atoms with Crippen LogP contribution in [0.2, 0.25) is 0 Å². The first-order valence-electron chi connectivity index (χ1n) is 9.14. The van der Waals surface area contributed by atoms with Gasteiger partial charge in [-0.15, -0.1) is 11.3 Å². The van der Waals surface area contributed by atoms with Crippen LogP contribution >= 0.6 is 23.1 Å². The third kappa shape index (κ3) is 5.39. The maximum Gasteiger partial charge on any atom is 0.286 e. The highest BCUT2D eigenvalue weighted by Crippen LogP contribution is 2.30. The fraction of sp³-hybridized carbons (Fsp3) is 0.368. The minimum absolute atomic E-state index is 0.0703. The number of para-hydroxylation sites is 1. The maximum atomic E-state index is 12.6. The number of carbonyl (C=O) groups excluding carboxylic acids is 2. The number of amides is 2. The van der Waals surface area contributed by atoms with Gasteiger partial charge in [0, 0.05) is 37.0 Å². The Morgan fingerprint density at radius 3 is 2.52 bits per heavy atom. The second-order valence-corrected chi connectivity index (χ2v) is 11.1.